The molecule has 0 aliphatic rings. The number of amides is 2. The van der Waals surface area contributed by atoms with E-state index in [1.165, 1.54) is 0 Å². The number of hydrogen-bond acceptors (Lipinski definition) is 5. The number of carbonyl (C=O) groups excluding carboxylic acids is 2. The van der Waals surface area contributed by atoms with Gasteiger partial charge in [-0.15, -0.1) is 0 Å². The molecule has 198 valence electrons. The molecule has 0 radical (unpaired) electrons. The molecule has 7 nitrogen and oxygen atoms in total. The summed E-state index contributed by atoms with van der Waals surface area (Å²) in [4.78, 5) is 33.4. The van der Waals surface area contributed by atoms with Gasteiger partial charge in [0.25, 0.3) is 11.8 Å². The second-order valence-electron chi connectivity index (χ2n) is 9.18. The van der Waals surface area contributed by atoms with E-state index < -0.39 is 0 Å². The monoisotopic (exact) mass is 511 g/mol. The molecule has 0 fully saturated rings. The molecule has 0 heterocycles. The van der Waals surface area contributed by atoms with E-state index in [1.54, 1.807) is 37.3 Å². The van der Waals surface area contributed by atoms with Gasteiger partial charge in [-0.05, 0) is 80.1 Å². The third-order valence-electron chi connectivity index (χ3n) is 5.53. The van der Waals surface area contributed by atoms with E-state index in [0.717, 1.165) is 11.4 Å². The average Bonchev–Trinajstić information content (AvgIpc) is 2.87. The first-order valence-corrected chi connectivity index (χ1v) is 12.0. The van der Waals surface area contributed by atoms with Crippen LogP contribution >= 0.6 is 0 Å². The molecule has 2 aromatic rings. The van der Waals surface area contributed by atoms with Gasteiger partial charge in [0.05, 0.1) is 0 Å². The average molecular weight is 512 g/mol. The largest absolute Gasteiger partial charge is 0.378 e. The van der Waals surface area contributed by atoms with Crippen LogP contribution in [0.3, 0.4) is 0 Å². The Morgan fingerprint density at radius 2 is 1.32 bits per heavy atom. The van der Waals surface area contributed by atoms with E-state index in [9.17, 15) is 9.59 Å². The Labute approximate surface area is 226 Å². The summed E-state index contributed by atoms with van der Waals surface area (Å²) in [7, 11) is 7.79. The topological polar surface area (TPSA) is 77.0 Å². The number of rotatable bonds is 11. The number of anilines is 3. The molecule has 0 saturated carbocycles. The van der Waals surface area contributed by atoms with Gasteiger partial charge in [0.1, 0.15) is 0 Å². The zero-order chi connectivity index (χ0) is 28.4. The maximum atomic E-state index is 12.5. The first-order valence-electron chi connectivity index (χ1n) is 12.0. The normalized spacial score (nSPS) is 11.6. The molecular weight excluding hydrogens is 474 g/mol. The number of allylic oxidation sites excluding steroid dienone is 4. The van der Waals surface area contributed by atoms with Crippen LogP contribution in [-0.2, 0) is 4.79 Å². The van der Waals surface area contributed by atoms with Crippen molar-refractivity contribution in [3.63, 3.8) is 0 Å². The molecule has 2 amide bonds. The Bertz CT molecular complexity index is 1290. The number of benzene rings is 2. The lowest BCUT2D eigenvalue weighted by Gasteiger charge is -2.13. The van der Waals surface area contributed by atoms with E-state index in [2.05, 4.69) is 35.4 Å². The minimum Gasteiger partial charge on any atom is -0.378 e. The molecule has 2 rings (SSSR count). The summed E-state index contributed by atoms with van der Waals surface area (Å²) < 4.78 is 0. The van der Waals surface area contributed by atoms with Gasteiger partial charge in [-0.25, -0.2) is 0 Å². The van der Waals surface area contributed by atoms with Crippen LogP contribution in [0.15, 0.2) is 114 Å². The number of nitrogens with one attached hydrogen (secondary N) is 2. The Hall–Kier alpha value is -4.65. The lowest BCUT2D eigenvalue weighted by atomic mass is 10.1. The molecule has 7 heteroatoms. The van der Waals surface area contributed by atoms with E-state index in [4.69, 9.17) is 0 Å². The molecule has 0 unspecified atom stereocenters. The van der Waals surface area contributed by atoms with Gasteiger partial charge >= 0.3 is 0 Å². The van der Waals surface area contributed by atoms with Gasteiger partial charge in [-0.1, -0.05) is 25.8 Å². The molecule has 0 aliphatic heterocycles. The summed E-state index contributed by atoms with van der Waals surface area (Å²) >= 11 is 0. The predicted molar refractivity (Wildman–Crippen MR) is 161 cm³/mol. The van der Waals surface area contributed by atoms with Gasteiger partial charge in [0, 0.05) is 73.5 Å². The fourth-order valence-corrected chi connectivity index (χ4v) is 3.23. The fraction of sp³-hybridized carbons (Fsp3) is 0.194. The Morgan fingerprint density at radius 3 is 1.84 bits per heavy atom. The van der Waals surface area contributed by atoms with Crippen LogP contribution in [0.2, 0.25) is 0 Å². The summed E-state index contributed by atoms with van der Waals surface area (Å²) in [6, 6.07) is 14.8. The molecule has 38 heavy (non-hydrogen) atoms. The number of nitrogens with zero attached hydrogens (tertiary/aromatic N) is 3. The van der Waals surface area contributed by atoms with Crippen molar-refractivity contribution in [2.24, 2.45) is 4.99 Å². The van der Waals surface area contributed by atoms with Gasteiger partial charge in [-0.3, -0.25) is 14.6 Å². The van der Waals surface area contributed by atoms with Crippen molar-refractivity contribution in [3.8, 4) is 0 Å². The van der Waals surface area contributed by atoms with Crippen LogP contribution in [0.1, 0.15) is 24.2 Å². The van der Waals surface area contributed by atoms with Crippen molar-refractivity contribution in [3.05, 3.63) is 115 Å². The highest BCUT2D eigenvalue weighted by Gasteiger charge is 2.08. The van der Waals surface area contributed by atoms with Gasteiger partial charge < -0.3 is 20.4 Å². The molecule has 0 saturated heterocycles. The number of hydrogen-bond donors (Lipinski definition) is 2. The molecule has 0 aromatic heterocycles. The highest BCUT2D eigenvalue weighted by atomic mass is 16.2. The first-order chi connectivity index (χ1) is 17.9. The standard InChI is InChI=1S/C31H37N5O2/c1-21(10-11-23(3)33-31(38)26-12-16-28(17-13-26)35(6)7)25(5)32-24(4)20-22(2)30(37)34-27-14-18-29(19-15-27)36(8)9/h10-20H,1-3H2,4-9H3,(H,33,38)(H,34,37)/b11-10-,24-20+,32-25?. The summed E-state index contributed by atoms with van der Waals surface area (Å²) in [6.45, 7) is 15.4. The van der Waals surface area contributed by atoms with Crippen LogP contribution in [0, 0.1) is 0 Å². The third-order valence-corrected chi connectivity index (χ3v) is 5.53. The first kappa shape index (κ1) is 29.6. The van der Waals surface area contributed by atoms with E-state index in [0.29, 0.717) is 33.9 Å². The molecule has 2 aromatic carbocycles. The minimum atomic E-state index is -0.308. The lowest BCUT2D eigenvalue weighted by Crippen LogP contribution is -2.21. The van der Waals surface area contributed by atoms with Crippen LogP contribution in [0.4, 0.5) is 17.1 Å². The van der Waals surface area contributed by atoms with Crippen molar-refractivity contribution in [1.82, 2.24) is 5.32 Å². The van der Waals surface area contributed by atoms with Crippen LogP contribution in [0.5, 0.6) is 0 Å². The van der Waals surface area contributed by atoms with Crippen LogP contribution in [0.25, 0.3) is 0 Å². The fourth-order valence-electron chi connectivity index (χ4n) is 3.23. The quantitative estimate of drug-likeness (QED) is 0.229. The van der Waals surface area contributed by atoms with E-state index in [-0.39, 0.29) is 17.4 Å². The number of aliphatic imine (C=N–C) groups is 1. The summed E-state index contributed by atoms with van der Waals surface area (Å²) in [5.41, 5.74) is 5.88. The third kappa shape index (κ3) is 9.09. The maximum Gasteiger partial charge on any atom is 0.255 e. The zero-order valence-corrected chi connectivity index (χ0v) is 23.1. The van der Waals surface area contributed by atoms with E-state index in [1.807, 2.05) is 81.3 Å². The zero-order valence-electron chi connectivity index (χ0n) is 23.1. The Kier molecular flexibility index (Phi) is 10.6. The summed E-state index contributed by atoms with van der Waals surface area (Å²) in [5, 5.41) is 5.59. The van der Waals surface area contributed by atoms with Gasteiger partial charge in [0.15, 0.2) is 0 Å². The van der Waals surface area contributed by atoms with Crippen molar-refractivity contribution in [2.45, 2.75) is 13.8 Å². The molecule has 0 aliphatic carbocycles. The molecular formula is C31H37N5O2. The molecule has 0 bridgehead atoms. The molecule has 2 N–H and O–H groups in total. The van der Waals surface area contributed by atoms with E-state index >= 15 is 0 Å². The maximum absolute atomic E-state index is 12.5. The number of carbonyl (C=O) groups is 2. The Balaban J connectivity index is 1.93. The highest BCUT2D eigenvalue weighted by molar-refractivity contribution is 6.05. The predicted octanol–water partition coefficient (Wildman–Crippen LogP) is 5.73. The molecule has 0 spiro atoms. The highest BCUT2D eigenvalue weighted by Crippen LogP contribution is 2.17. The second-order valence-corrected chi connectivity index (χ2v) is 9.18. The second kappa shape index (κ2) is 13.6. The lowest BCUT2D eigenvalue weighted by molar-refractivity contribution is -0.112. The van der Waals surface area contributed by atoms with Gasteiger partial charge in [0.2, 0.25) is 0 Å². The summed E-state index contributed by atoms with van der Waals surface area (Å²) in [5.74, 6) is -0.554. The van der Waals surface area contributed by atoms with Crippen LogP contribution in [-0.4, -0.2) is 45.7 Å². The van der Waals surface area contributed by atoms with Crippen molar-refractivity contribution >= 4 is 34.6 Å². The molecule has 0 atom stereocenters. The van der Waals surface area contributed by atoms with Gasteiger partial charge in [-0.2, -0.15) is 0 Å². The Morgan fingerprint density at radius 1 is 0.789 bits per heavy atom. The smallest absolute Gasteiger partial charge is 0.255 e. The SMILES string of the molecule is C=C(/C=C\C(=C)C(C)=N/C(C)=C/C(=C)C(=O)Nc1ccc(N(C)C)cc1)NC(=O)c1ccc(N(C)C)cc1. The minimum absolute atomic E-state index is 0.245. The van der Waals surface area contributed by atoms with Crippen molar-refractivity contribution in [2.75, 3.05) is 43.3 Å². The van der Waals surface area contributed by atoms with Crippen molar-refractivity contribution in [1.29, 1.82) is 0 Å². The van der Waals surface area contributed by atoms with Crippen LogP contribution < -0.4 is 20.4 Å². The van der Waals surface area contributed by atoms with Crippen molar-refractivity contribution < 1.29 is 9.59 Å². The summed E-state index contributed by atoms with van der Waals surface area (Å²) in [6.07, 6.45) is 5.01.